The predicted molar refractivity (Wildman–Crippen MR) is 131 cm³/mol. The van der Waals surface area contributed by atoms with Crippen molar-refractivity contribution in [2.24, 2.45) is 0 Å². The van der Waals surface area contributed by atoms with Gasteiger partial charge in [-0.05, 0) is 41.3 Å². The highest BCUT2D eigenvalue weighted by Crippen LogP contribution is 2.44. The zero-order chi connectivity index (χ0) is 24.1. The molecular weight excluding hydrogens is 452 g/mol. The lowest BCUT2D eigenvalue weighted by molar-refractivity contribution is -0.124. The third-order valence-corrected chi connectivity index (χ3v) is 6.98. The minimum Gasteiger partial charge on any atom is -0.497 e. The van der Waals surface area contributed by atoms with Crippen molar-refractivity contribution < 1.29 is 23.8 Å². The molecular formula is C26H28N2O5S. The monoisotopic (exact) mass is 480 g/mol. The van der Waals surface area contributed by atoms with Crippen molar-refractivity contribution in [1.29, 1.82) is 0 Å². The van der Waals surface area contributed by atoms with Gasteiger partial charge in [-0.25, -0.2) is 0 Å². The fraction of sp³-hybridized carbons (Fsp3) is 0.308. The highest BCUT2D eigenvalue weighted by molar-refractivity contribution is 7.10. The summed E-state index contributed by atoms with van der Waals surface area (Å²) < 4.78 is 16.1. The van der Waals surface area contributed by atoms with E-state index < -0.39 is 12.0 Å². The van der Waals surface area contributed by atoms with Crippen LogP contribution in [0.4, 0.5) is 0 Å². The molecule has 0 fully saturated rings. The number of thiophene rings is 1. The third-order valence-electron chi connectivity index (χ3n) is 6.03. The van der Waals surface area contributed by atoms with E-state index in [1.165, 1.54) is 11.3 Å². The second-order valence-electron chi connectivity index (χ2n) is 7.91. The second-order valence-corrected chi connectivity index (χ2v) is 8.89. The van der Waals surface area contributed by atoms with Crippen LogP contribution in [0.25, 0.3) is 0 Å². The van der Waals surface area contributed by atoms with E-state index in [1.54, 1.807) is 32.3 Å². The largest absolute Gasteiger partial charge is 0.497 e. The van der Waals surface area contributed by atoms with Crippen LogP contribution in [-0.2, 0) is 16.1 Å². The maximum Gasteiger partial charge on any atom is 0.254 e. The zero-order valence-corrected chi connectivity index (χ0v) is 20.3. The molecule has 0 saturated heterocycles. The lowest BCUT2D eigenvalue weighted by atomic mass is 9.81. The van der Waals surface area contributed by atoms with Crippen molar-refractivity contribution in [3.05, 3.63) is 81.5 Å². The van der Waals surface area contributed by atoms with Gasteiger partial charge in [-0.15, -0.1) is 11.3 Å². The Hall–Kier alpha value is -3.36. The minimum absolute atomic E-state index is 0.0930. The quantitative estimate of drug-likeness (QED) is 0.501. The van der Waals surface area contributed by atoms with Crippen molar-refractivity contribution in [3.8, 4) is 11.5 Å². The molecule has 8 heteroatoms. The van der Waals surface area contributed by atoms with E-state index in [4.69, 9.17) is 14.2 Å². The molecule has 1 N–H and O–H groups in total. The molecule has 2 atom stereocenters. The van der Waals surface area contributed by atoms with Gasteiger partial charge < -0.3 is 24.4 Å². The van der Waals surface area contributed by atoms with Gasteiger partial charge >= 0.3 is 0 Å². The van der Waals surface area contributed by atoms with Crippen LogP contribution in [0.3, 0.4) is 0 Å². The molecule has 34 heavy (non-hydrogen) atoms. The molecule has 0 radical (unpaired) electrons. The highest BCUT2D eigenvalue weighted by atomic mass is 32.1. The van der Waals surface area contributed by atoms with Crippen LogP contribution in [0.15, 0.2) is 60.0 Å². The zero-order valence-electron chi connectivity index (χ0n) is 19.4. The fourth-order valence-electron chi connectivity index (χ4n) is 4.40. The number of nitrogens with zero attached hydrogens (tertiary/aromatic N) is 1. The Bertz CT molecular complexity index is 1150. The van der Waals surface area contributed by atoms with Crippen molar-refractivity contribution in [1.82, 2.24) is 10.2 Å². The molecule has 2 heterocycles. The maximum absolute atomic E-state index is 13.8. The lowest BCUT2D eigenvalue weighted by Crippen LogP contribution is -2.48. The lowest BCUT2D eigenvalue weighted by Gasteiger charge is -2.41. The Balaban J connectivity index is 1.70. The van der Waals surface area contributed by atoms with Crippen LogP contribution in [0.1, 0.15) is 38.3 Å². The van der Waals surface area contributed by atoms with Crippen molar-refractivity contribution >= 4 is 23.2 Å². The number of fused-ring (bicyclic) bond motifs is 1. The molecule has 0 spiro atoms. The third kappa shape index (κ3) is 4.64. The molecule has 0 bridgehead atoms. The molecule has 0 saturated carbocycles. The molecule has 1 aromatic heterocycles. The summed E-state index contributed by atoms with van der Waals surface area (Å²) in [5, 5.41) is 5.04. The van der Waals surface area contributed by atoms with Crippen LogP contribution in [0.5, 0.6) is 11.5 Å². The van der Waals surface area contributed by atoms with Crippen LogP contribution in [0, 0.1) is 0 Å². The van der Waals surface area contributed by atoms with Crippen molar-refractivity contribution in [2.45, 2.75) is 18.5 Å². The number of hydrogen-bond donors (Lipinski definition) is 1. The van der Waals surface area contributed by atoms with E-state index in [2.05, 4.69) is 5.32 Å². The van der Waals surface area contributed by atoms with Crippen molar-refractivity contribution in [2.75, 3.05) is 34.5 Å². The summed E-state index contributed by atoms with van der Waals surface area (Å²) >= 11 is 1.54. The topological polar surface area (TPSA) is 77.1 Å². The molecule has 4 rings (SSSR count). The first-order chi connectivity index (χ1) is 16.6. The highest BCUT2D eigenvalue weighted by Gasteiger charge is 2.44. The van der Waals surface area contributed by atoms with E-state index in [0.717, 1.165) is 16.0 Å². The smallest absolute Gasteiger partial charge is 0.254 e. The first-order valence-electron chi connectivity index (χ1n) is 11.0. The SMILES string of the molecule is COCCN1C(=O)c2ccccc2C(C(=O)NCc2cc(OC)ccc2OC)C1c1cccs1. The summed E-state index contributed by atoms with van der Waals surface area (Å²) in [5.74, 6) is 0.522. The van der Waals surface area contributed by atoms with E-state index >= 15 is 0 Å². The van der Waals surface area contributed by atoms with Gasteiger partial charge in [0.1, 0.15) is 11.5 Å². The second kappa shape index (κ2) is 10.7. The number of hydrogen-bond acceptors (Lipinski definition) is 6. The number of nitrogens with one attached hydrogen (secondary N) is 1. The molecule has 3 aromatic rings. The molecule has 2 amide bonds. The number of benzene rings is 2. The summed E-state index contributed by atoms with van der Waals surface area (Å²) in [6.45, 7) is 1.03. The molecule has 1 aliphatic heterocycles. The van der Waals surface area contributed by atoms with Gasteiger partial charge in [0, 0.05) is 36.2 Å². The van der Waals surface area contributed by atoms with E-state index in [1.807, 2.05) is 53.9 Å². The van der Waals surface area contributed by atoms with E-state index in [-0.39, 0.29) is 18.4 Å². The number of carbonyl (C=O) groups excluding carboxylic acids is 2. The Morgan fingerprint density at radius 2 is 1.88 bits per heavy atom. The Morgan fingerprint density at radius 1 is 1.06 bits per heavy atom. The van der Waals surface area contributed by atoms with E-state index in [9.17, 15) is 9.59 Å². The molecule has 0 aliphatic carbocycles. The molecule has 178 valence electrons. The van der Waals surface area contributed by atoms with Gasteiger partial charge in [0.25, 0.3) is 5.91 Å². The maximum atomic E-state index is 13.8. The molecule has 2 aromatic carbocycles. The molecule has 2 unspecified atom stereocenters. The normalized spacial score (nSPS) is 17.3. The van der Waals surface area contributed by atoms with Crippen LogP contribution >= 0.6 is 11.3 Å². The van der Waals surface area contributed by atoms with Gasteiger partial charge in [-0.1, -0.05) is 24.3 Å². The fourth-order valence-corrected chi connectivity index (χ4v) is 5.27. The Labute approximate surface area is 203 Å². The molecule has 1 aliphatic rings. The first-order valence-corrected chi connectivity index (χ1v) is 11.9. The van der Waals surface area contributed by atoms with Crippen molar-refractivity contribution in [3.63, 3.8) is 0 Å². The van der Waals surface area contributed by atoms with Gasteiger partial charge in [0.05, 0.1) is 32.8 Å². The Morgan fingerprint density at radius 3 is 2.59 bits per heavy atom. The first kappa shape index (κ1) is 23.8. The average molecular weight is 481 g/mol. The van der Waals surface area contributed by atoms with E-state index in [0.29, 0.717) is 30.2 Å². The number of rotatable bonds is 9. The molecule has 7 nitrogen and oxygen atoms in total. The summed E-state index contributed by atoms with van der Waals surface area (Å²) in [6.07, 6.45) is 0. The summed E-state index contributed by atoms with van der Waals surface area (Å²) in [6, 6.07) is 16.3. The number of amides is 2. The number of ether oxygens (including phenoxy) is 3. The van der Waals surface area contributed by atoms with Gasteiger partial charge in [0.2, 0.25) is 5.91 Å². The van der Waals surface area contributed by atoms with Gasteiger partial charge in [-0.2, -0.15) is 0 Å². The van der Waals surface area contributed by atoms with Gasteiger partial charge in [0.15, 0.2) is 0 Å². The number of methoxy groups -OCH3 is 3. The number of carbonyl (C=O) groups is 2. The summed E-state index contributed by atoms with van der Waals surface area (Å²) in [4.78, 5) is 29.9. The van der Waals surface area contributed by atoms with Crippen LogP contribution in [-0.4, -0.2) is 51.2 Å². The minimum atomic E-state index is -0.569. The van der Waals surface area contributed by atoms with Crippen LogP contribution in [0.2, 0.25) is 0 Å². The predicted octanol–water partition coefficient (Wildman–Crippen LogP) is 4.01. The summed E-state index contributed by atoms with van der Waals surface area (Å²) in [7, 11) is 4.80. The summed E-state index contributed by atoms with van der Waals surface area (Å²) in [5.41, 5.74) is 2.08. The van der Waals surface area contributed by atoms with Crippen LogP contribution < -0.4 is 14.8 Å². The Kier molecular flexibility index (Phi) is 7.49. The average Bonchev–Trinajstić information content (AvgIpc) is 3.41. The standard InChI is InChI=1S/C26H28N2O5S/c1-31-13-12-28-24(22-9-6-14-34-22)23(19-7-4-5-8-20(19)26(28)30)25(29)27-16-17-15-18(32-2)10-11-21(17)33-3/h4-11,14-15,23-24H,12-13,16H2,1-3H3,(H,27,29). The van der Waals surface area contributed by atoms with Gasteiger partial charge in [-0.3, -0.25) is 9.59 Å².